The second kappa shape index (κ2) is 14.3. The van der Waals surface area contributed by atoms with E-state index in [2.05, 4.69) is 0 Å². The monoisotopic (exact) mass is 788 g/mol. The molecule has 2 aliphatic heterocycles. The number of carbonyl (C=O) groups excluding carboxylic acids is 2. The maximum Gasteiger partial charge on any atom is 0.460 e. The first-order chi connectivity index (χ1) is 25.0. The lowest BCUT2D eigenvalue weighted by molar-refractivity contribution is -0.440. The third-order valence-corrected chi connectivity index (χ3v) is 9.29. The smallest absolute Gasteiger partial charge is 0.444 e. The highest BCUT2D eigenvalue weighted by atomic mass is 19.4. The number of imide groups is 1. The first-order valence-electron chi connectivity index (χ1n) is 16.1. The van der Waals surface area contributed by atoms with Gasteiger partial charge in [0, 0.05) is 6.42 Å². The number of hydroxylamine groups is 1. The molecule has 2 saturated heterocycles. The van der Waals surface area contributed by atoms with Gasteiger partial charge in [-0.3, -0.25) is 9.63 Å². The number of nitrogens with zero attached hydrogens (tertiary/aromatic N) is 2. The lowest BCUT2D eigenvalue weighted by Gasteiger charge is -2.40. The van der Waals surface area contributed by atoms with Crippen molar-refractivity contribution < 1.29 is 76.2 Å². The quantitative estimate of drug-likeness (QED) is 0.171. The van der Waals surface area contributed by atoms with Crippen LogP contribution in [0.2, 0.25) is 0 Å². The van der Waals surface area contributed by atoms with Crippen molar-refractivity contribution in [3.63, 3.8) is 0 Å². The Morgan fingerprint density at radius 2 is 1.19 bits per heavy atom. The second-order valence-electron chi connectivity index (χ2n) is 12.8. The molecule has 294 valence electrons. The Morgan fingerprint density at radius 3 is 1.72 bits per heavy atom. The number of carbonyl (C=O) groups is 2. The average molecular weight is 789 g/mol. The molecule has 2 heterocycles. The molecule has 0 saturated carbocycles. The Hall–Kier alpha value is -4.55. The van der Waals surface area contributed by atoms with Gasteiger partial charge in [0.25, 0.3) is 0 Å². The molecule has 3 aromatic rings. The van der Waals surface area contributed by atoms with Crippen LogP contribution in [0, 0.1) is 5.92 Å². The van der Waals surface area contributed by atoms with Gasteiger partial charge >= 0.3 is 41.9 Å². The van der Waals surface area contributed by atoms with E-state index >= 15 is 0 Å². The maximum atomic E-state index is 14.9. The topological polar surface area (TPSA) is 59.1 Å². The molecular weight excluding hydrogens is 759 g/mol. The van der Waals surface area contributed by atoms with Crippen LogP contribution in [0.4, 0.5) is 67.6 Å². The molecule has 19 heteroatoms. The van der Waals surface area contributed by atoms with Crippen molar-refractivity contribution in [3.05, 3.63) is 102 Å². The minimum atomic E-state index is -8.05. The van der Waals surface area contributed by atoms with Crippen LogP contribution < -0.4 is 5.06 Å². The number of hydrogen-bond acceptors (Lipinski definition) is 5. The normalized spacial score (nSPS) is 23.1. The molecule has 5 atom stereocenters. The van der Waals surface area contributed by atoms with Crippen LogP contribution in [-0.2, 0) is 20.8 Å². The second-order valence-corrected chi connectivity index (χ2v) is 12.8. The molecule has 0 radical (unpaired) electrons. The van der Waals surface area contributed by atoms with E-state index in [9.17, 15) is 66.7 Å². The number of halogens is 13. The third kappa shape index (κ3) is 6.83. The highest BCUT2D eigenvalue weighted by Crippen LogP contribution is 2.61. The summed E-state index contributed by atoms with van der Waals surface area (Å²) in [5, 5.41) is 1.41. The number of cyclic esters (lactones) is 1. The highest BCUT2D eigenvalue weighted by molar-refractivity contribution is 5.96. The molecule has 54 heavy (non-hydrogen) atoms. The van der Waals surface area contributed by atoms with Gasteiger partial charge in [0.15, 0.2) is 0 Å². The summed E-state index contributed by atoms with van der Waals surface area (Å²) in [5.41, 5.74) is 1.32. The van der Waals surface area contributed by atoms with Crippen LogP contribution in [0.3, 0.4) is 0 Å². The SMILES string of the molecule is C[C@H]1ON(c2ccccc2)[C@@H](c2ccccc2)[C@@H]1C(=O)N1C(=O)O[C@H](CCC(F)(F)C(F)(F)C(F)(F)C(F)(F)C(F)(F)C(F)(F)F)[C@@H]1Cc1ccccc1. The Morgan fingerprint density at radius 1 is 0.685 bits per heavy atom. The zero-order chi connectivity index (χ0) is 40.1. The van der Waals surface area contributed by atoms with Crippen LogP contribution in [0.1, 0.15) is 36.9 Å². The predicted molar refractivity (Wildman–Crippen MR) is 163 cm³/mol. The van der Waals surface area contributed by atoms with Gasteiger partial charge in [-0.05, 0) is 43.0 Å². The lowest BCUT2D eigenvalue weighted by atomic mass is 9.87. The van der Waals surface area contributed by atoms with Gasteiger partial charge in [-0.2, -0.15) is 57.1 Å². The van der Waals surface area contributed by atoms with Gasteiger partial charge in [0.2, 0.25) is 5.91 Å². The Balaban J connectivity index is 1.47. The summed E-state index contributed by atoms with van der Waals surface area (Å²) in [6, 6.07) is 21.6. The summed E-state index contributed by atoms with van der Waals surface area (Å²) < 4.78 is 184. The van der Waals surface area contributed by atoms with E-state index in [4.69, 9.17) is 9.57 Å². The molecule has 0 unspecified atom stereocenters. The molecule has 5 rings (SSSR count). The number of anilines is 1. The van der Waals surface area contributed by atoms with E-state index in [-0.39, 0.29) is 0 Å². The Kier molecular flexibility index (Phi) is 10.7. The predicted octanol–water partition coefficient (Wildman–Crippen LogP) is 9.66. The molecule has 2 aliphatic rings. The standard InChI is InChI=1S/C35H29F13N2O4/c1-20-26(27(22-13-7-3-8-14-22)50(54-20)23-15-9-4-10-16-23)28(51)49-24(19-21-11-5-2-6-12-21)25(53-29(49)52)17-18-30(36,37)31(38,39)32(40,41)33(42,43)34(44,45)35(46,47)48/h2-16,20,24-27H,17-19H2,1H3/t20-,24+,25-,26-,27+/m1/s1. The number of hydrogen-bond donors (Lipinski definition) is 0. The van der Waals surface area contributed by atoms with Crippen LogP contribution in [0.25, 0.3) is 0 Å². The van der Waals surface area contributed by atoms with Crippen LogP contribution in [-0.4, -0.2) is 70.9 Å². The Bertz CT molecular complexity index is 1780. The summed E-state index contributed by atoms with van der Waals surface area (Å²) in [5.74, 6) is -40.0. The number of benzene rings is 3. The minimum Gasteiger partial charge on any atom is -0.444 e. The minimum absolute atomic E-state index is 0.322. The molecule has 0 N–H and O–H groups in total. The molecule has 0 spiro atoms. The van der Waals surface area contributed by atoms with Crippen LogP contribution in [0.5, 0.6) is 0 Å². The van der Waals surface area contributed by atoms with Crippen molar-refractivity contribution in [2.45, 2.75) is 86.3 Å². The van der Waals surface area contributed by atoms with Crippen LogP contribution in [0.15, 0.2) is 91.0 Å². The van der Waals surface area contributed by atoms with Crippen LogP contribution >= 0.6 is 0 Å². The molecule has 2 amide bonds. The fourth-order valence-corrected chi connectivity index (χ4v) is 6.43. The van der Waals surface area contributed by atoms with Gasteiger partial charge in [0.1, 0.15) is 6.10 Å². The Labute approximate surface area is 298 Å². The van der Waals surface area contributed by atoms with E-state index in [1.54, 1.807) is 66.7 Å². The lowest BCUT2D eigenvalue weighted by Crippen LogP contribution is -2.70. The summed E-state index contributed by atoms with van der Waals surface area (Å²) in [6.07, 6.45) is -16.6. The van der Waals surface area contributed by atoms with Crippen molar-refractivity contribution in [1.29, 1.82) is 0 Å². The van der Waals surface area contributed by atoms with Crippen molar-refractivity contribution in [2.75, 3.05) is 5.06 Å². The zero-order valence-electron chi connectivity index (χ0n) is 27.6. The van der Waals surface area contributed by atoms with E-state index in [0.717, 1.165) is 0 Å². The van der Waals surface area contributed by atoms with Crippen molar-refractivity contribution >= 4 is 17.7 Å². The van der Waals surface area contributed by atoms with Gasteiger partial charge < -0.3 is 4.74 Å². The molecule has 2 fully saturated rings. The molecule has 3 aromatic carbocycles. The number of para-hydroxylation sites is 1. The number of amides is 2. The van der Waals surface area contributed by atoms with Crippen molar-refractivity contribution in [3.8, 4) is 0 Å². The first kappa shape index (κ1) is 40.6. The maximum absolute atomic E-state index is 14.9. The number of ether oxygens (including phenoxy) is 1. The summed E-state index contributed by atoms with van der Waals surface area (Å²) in [6.45, 7) is 1.49. The van der Waals surface area contributed by atoms with E-state index in [0.29, 0.717) is 21.7 Å². The van der Waals surface area contributed by atoms with E-state index in [1.807, 2.05) is 0 Å². The summed E-state index contributed by atoms with van der Waals surface area (Å²) in [7, 11) is 0. The van der Waals surface area contributed by atoms with Gasteiger partial charge in [0.05, 0.1) is 29.8 Å². The number of rotatable bonds is 12. The van der Waals surface area contributed by atoms with Gasteiger partial charge in [-0.1, -0.05) is 78.9 Å². The third-order valence-electron chi connectivity index (χ3n) is 9.29. The molecular formula is C35H29F13N2O4. The molecule has 0 aromatic heterocycles. The average Bonchev–Trinajstić information content (AvgIpc) is 3.62. The van der Waals surface area contributed by atoms with Crippen molar-refractivity contribution in [1.82, 2.24) is 4.90 Å². The largest absolute Gasteiger partial charge is 0.460 e. The molecule has 6 nitrogen and oxygen atoms in total. The van der Waals surface area contributed by atoms with Gasteiger partial charge in [-0.25, -0.2) is 14.8 Å². The molecule has 0 bridgehead atoms. The fraction of sp³-hybridized carbons (Fsp3) is 0.429. The number of alkyl halides is 13. The fourth-order valence-electron chi connectivity index (χ4n) is 6.43. The molecule has 0 aliphatic carbocycles. The van der Waals surface area contributed by atoms with E-state index in [1.165, 1.54) is 36.3 Å². The summed E-state index contributed by atoms with van der Waals surface area (Å²) in [4.78, 5) is 34.4. The highest BCUT2D eigenvalue weighted by Gasteiger charge is 2.90. The van der Waals surface area contributed by atoms with Gasteiger partial charge in [-0.15, -0.1) is 0 Å². The van der Waals surface area contributed by atoms with Crippen molar-refractivity contribution in [2.24, 2.45) is 5.92 Å². The summed E-state index contributed by atoms with van der Waals surface area (Å²) >= 11 is 0. The van der Waals surface area contributed by atoms with E-state index < -0.39 is 97.3 Å². The first-order valence-corrected chi connectivity index (χ1v) is 16.1. The zero-order valence-corrected chi connectivity index (χ0v) is 27.6.